The van der Waals surface area contributed by atoms with Gasteiger partial charge in [0.1, 0.15) is 11.2 Å². The zero-order chi connectivity index (χ0) is 20.2. The molecule has 4 atom stereocenters. The summed E-state index contributed by atoms with van der Waals surface area (Å²) in [6.07, 6.45) is 2.18. The monoisotopic (exact) mass is 381 g/mol. The van der Waals surface area contributed by atoms with Crippen molar-refractivity contribution in [1.29, 1.82) is 0 Å². The molecule has 27 heavy (non-hydrogen) atoms. The van der Waals surface area contributed by atoms with Crippen molar-refractivity contribution in [3.05, 3.63) is 34.3 Å². The Balaban J connectivity index is 2.58. The zero-order valence-corrected chi connectivity index (χ0v) is 15.5. The minimum absolute atomic E-state index is 0.0254. The fourth-order valence-corrected chi connectivity index (χ4v) is 4.06. The fourth-order valence-electron chi connectivity index (χ4n) is 4.06. The summed E-state index contributed by atoms with van der Waals surface area (Å²) in [6, 6.07) is 0.158. The van der Waals surface area contributed by atoms with Crippen molar-refractivity contribution in [1.82, 2.24) is 0 Å². The van der Waals surface area contributed by atoms with E-state index in [1.165, 1.54) is 25.5 Å². The van der Waals surface area contributed by atoms with Crippen molar-refractivity contribution < 1.29 is 33.2 Å². The van der Waals surface area contributed by atoms with Crippen LogP contribution in [0.2, 0.25) is 0 Å². The number of furan rings is 1. The second kappa shape index (κ2) is 8.32. The van der Waals surface area contributed by atoms with Crippen LogP contribution in [-0.2, 0) is 23.9 Å². The molecule has 148 valence electrons. The third-order valence-corrected chi connectivity index (χ3v) is 5.09. The minimum Gasteiger partial charge on any atom is -0.472 e. The van der Waals surface area contributed by atoms with Crippen molar-refractivity contribution >= 4 is 17.7 Å². The molecule has 0 aliphatic heterocycles. The summed E-state index contributed by atoms with van der Waals surface area (Å²) in [5.74, 6) is -3.91. The van der Waals surface area contributed by atoms with E-state index in [1.807, 2.05) is 0 Å². The lowest BCUT2D eigenvalue weighted by Crippen LogP contribution is -2.44. The van der Waals surface area contributed by atoms with Gasteiger partial charge in [0, 0.05) is 16.4 Å². The first kappa shape index (κ1) is 20.6. The first-order valence-corrected chi connectivity index (χ1v) is 8.79. The van der Waals surface area contributed by atoms with Crippen LogP contribution < -0.4 is 0 Å². The van der Waals surface area contributed by atoms with E-state index in [0.717, 1.165) is 0 Å². The lowest BCUT2D eigenvalue weighted by Gasteiger charge is -2.29. The van der Waals surface area contributed by atoms with E-state index in [2.05, 4.69) is 0 Å². The molecule has 1 fully saturated rings. The Labute approximate surface area is 156 Å². The Hall–Kier alpha value is -2.71. The van der Waals surface area contributed by atoms with Crippen LogP contribution >= 0.6 is 0 Å². The summed E-state index contributed by atoms with van der Waals surface area (Å²) in [5, 5.41) is 11.9. The number of esters is 2. The van der Waals surface area contributed by atoms with Crippen LogP contribution in [0.4, 0.5) is 0 Å². The van der Waals surface area contributed by atoms with Gasteiger partial charge in [0.25, 0.3) is 0 Å². The van der Waals surface area contributed by atoms with Gasteiger partial charge < -0.3 is 13.9 Å². The fraction of sp³-hybridized carbons (Fsp3) is 0.611. The van der Waals surface area contributed by atoms with Crippen molar-refractivity contribution in [2.24, 2.45) is 11.3 Å². The summed E-state index contributed by atoms with van der Waals surface area (Å²) < 4.78 is 15.1. The second-order valence-electron chi connectivity index (χ2n) is 6.53. The molecule has 9 heteroatoms. The highest BCUT2D eigenvalue weighted by Crippen LogP contribution is 2.55. The number of carbonyl (C=O) groups excluding carboxylic acids is 3. The van der Waals surface area contributed by atoms with E-state index in [4.69, 9.17) is 13.9 Å². The topological polar surface area (TPSA) is 126 Å². The van der Waals surface area contributed by atoms with Gasteiger partial charge in [-0.05, 0) is 33.3 Å². The van der Waals surface area contributed by atoms with Crippen molar-refractivity contribution in [2.45, 2.75) is 45.6 Å². The maximum atomic E-state index is 12.8. The highest BCUT2D eigenvalue weighted by Gasteiger charge is 2.67. The molecule has 1 saturated carbocycles. The highest BCUT2D eigenvalue weighted by molar-refractivity contribution is 6.04. The van der Waals surface area contributed by atoms with Gasteiger partial charge in [-0.1, -0.05) is 0 Å². The number of nitrogens with zero attached hydrogens (tertiary/aromatic N) is 1. The second-order valence-corrected chi connectivity index (χ2v) is 6.53. The average molecular weight is 381 g/mol. The number of nitro groups is 1. The zero-order valence-electron chi connectivity index (χ0n) is 15.5. The molecule has 0 bridgehead atoms. The normalized spacial score (nSPS) is 27.1. The predicted molar refractivity (Wildman–Crippen MR) is 91.3 cm³/mol. The highest BCUT2D eigenvalue weighted by atomic mass is 16.6. The Morgan fingerprint density at radius 2 is 1.96 bits per heavy atom. The first-order valence-electron chi connectivity index (χ1n) is 8.79. The molecular formula is C18H23NO8. The molecule has 0 radical (unpaired) electrons. The third kappa shape index (κ3) is 3.72. The standard InChI is InChI=1S/C18H23NO8/c1-4-26-14(21)8-13-9-18(11(3)20,17(22)27-5-2)15(16(13)19(23)24)12-6-7-25-10-12/h6-7,10,13,15-16H,4-5,8-9H2,1-3H3/t13-,15+,16-,18+/m1/s1. The number of ketones is 1. The maximum Gasteiger partial charge on any atom is 0.320 e. The van der Waals surface area contributed by atoms with Gasteiger partial charge in [-0.15, -0.1) is 0 Å². The van der Waals surface area contributed by atoms with Gasteiger partial charge in [0.05, 0.1) is 38.1 Å². The van der Waals surface area contributed by atoms with E-state index in [-0.39, 0.29) is 26.1 Å². The van der Waals surface area contributed by atoms with Crippen LogP contribution in [0.5, 0.6) is 0 Å². The van der Waals surface area contributed by atoms with Crippen LogP contribution in [0.25, 0.3) is 0 Å². The largest absolute Gasteiger partial charge is 0.472 e. The number of rotatable bonds is 8. The SMILES string of the molecule is CCOC(=O)C[C@@H]1C[C@@](C(C)=O)(C(=O)OCC)[C@@H](c2ccoc2)[C@@H]1[N+](=O)[O-]. The Morgan fingerprint density at radius 3 is 2.44 bits per heavy atom. The van der Waals surface area contributed by atoms with Crippen molar-refractivity contribution in [2.75, 3.05) is 13.2 Å². The van der Waals surface area contributed by atoms with Gasteiger partial charge >= 0.3 is 11.9 Å². The van der Waals surface area contributed by atoms with E-state index < -0.39 is 45.9 Å². The summed E-state index contributed by atoms with van der Waals surface area (Å²) in [6.45, 7) is 4.60. The number of hydrogen-bond acceptors (Lipinski definition) is 8. The average Bonchev–Trinajstić information content (AvgIpc) is 3.20. The maximum absolute atomic E-state index is 12.8. The van der Waals surface area contributed by atoms with E-state index in [0.29, 0.717) is 5.56 Å². The molecule has 9 nitrogen and oxygen atoms in total. The molecule has 1 aromatic heterocycles. The lowest BCUT2D eigenvalue weighted by molar-refractivity contribution is -0.532. The summed E-state index contributed by atoms with van der Waals surface area (Å²) in [7, 11) is 0. The number of hydrogen-bond donors (Lipinski definition) is 0. The van der Waals surface area contributed by atoms with Gasteiger partial charge in [-0.25, -0.2) is 0 Å². The summed E-state index contributed by atoms with van der Waals surface area (Å²) in [5.41, 5.74) is -1.40. The number of carbonyl (C=O) groups is 3. The molecule has 1 aromatic rings. The predicted octanol–water partition coefficient (Wildman–Crippen LogP) is 2.12. The molecular weight excluding hydrogens is 358 g/mol. The molecule has 1 aliphatic rings. The summed E-state index contributed by atoms with van der Waals surface area (Å²) in [4.78, 5) is 48.8. The lowest BCUT2D eigenvalue weighted by atomic mass is 9.71. The summed E-state index contributed by atoms with van der Waals surface area (Å²) >= 11 is 0. The number of Topliss-reactive ketones (excluding diaryl/α,β-unsaturated/α-hetero) is 1. The Kier molecular flexibility index (Phi) is 6.35. The van der Waals surface area contributed by atoms with E-state index in [9.17, 15) is 24.5 Å². The smallest absolute Gasteiger partial charge is 0.320 e. The van der Waals surface area contributed by atoms with Crippen LogP contribution in [0.15, 0.2) is 23.0 Å². The minimum atomic E-state index is -1.76. The van der Waals surface area contributed by atoms with Crippen LogP contribution in [0, 0.1) is 21.4 Å². The molecule has 2 rings (SSSR count). The molecule has 0 spiro atoms. The molecule has 0 amide bonds. The molecule has 1 heterocycles. The van der Waals surface area contributed by atoms with Crippen LogP contribution in [0.3, 0.4) is 0 Å². The number of ether oxygens (including phenoxy) is 2. The van der Waals surface area contributed by atoms with E-state index >= 15 is 0 Å². The van der Waals surface area contributed by atoms with Gasteiger partial charge in [-0.2, -0.15) is 0 Å². The van der Waals surface area contributed by atoms with Crippen molar-refractivity contribution in [3.8, 4) is 0 Å². The molecule has 1 aliphatic carbocycles. The Morgan fingerprint density at radius 1 is 1.30 bits per heavy atom. The van der Waals surface area contributed by atoms with Gasteiger partial charge in [0.2, 0.25) is 6.04 Å². The molecule has 0 saturated heterocycles. The van der Waals surface area contributed by atoms with E-state index in [1.54, 1.807) is 13.8 Å². The van der Waals surface area contributed by atoms with Crippen LogP contribution in [0.1, 0.15) is 45.1 Å². The first-order chi connectivity index (χ1) is 12.8. The molecule has 0 N–H and O–H groups in total. The molecule has 0 aromatic carbocycles. The van der Waals surface area contributed by atoms with Crippen LogP contribution in [-0.4, -0.2) is 41.9 Å². The molecule has 0 unspecified atom stereocenters. The third-order valence-electron chi connectivity index (χ3n) is 5.09. The Bertz CT molecular complexity index is 713. The van der Waals surface area contributed by atoms with Gasteiger partial charge in [-0.3, -0.25) is 24.5 Å². The van der Waals surface area contributed by atoms with Crippen molar-refractivity contribution in [3.63, 3.8) is 0 Å². The quantitative estimate of drug-likeness (QED) is 0.290. The van der Waals surface area contributed by atoms with Gasteiger partial charge in [0.15, 0.2) is 0 Å².